The molecule has 3 heterocycles. The highest BCUT2D eigenvalue weighted by atomic mass is 32.2. The molecule has 28 heavy (non-hydrogen) atoms. The van der Waals surface area contributed by atoms with Crippen LogP contribution in [0.4, 0.5) is 4.79 Å². The molecule has 3 aliphatic heterocycles. The maximum absolute atomic E-state index is 13.0. The van der Waals surface area contributed by atoms with Crippen LogP contribution in [0.15, 0.2) is 24.3 Å². The standard InChI is InChI=1S/C20H25NO6S/c1-12(22)13-5-7-14(8-6-13)15-10-20-11-21(18(23)27-19(2,3)4)28(24,25)17(20)9-16(15)26-20/h5-8,15-17H,9-11H2,1-4H3/t15-,16+,17+,20-/m1/s1. The fourth-order valence-electron chi connectivity index (χ4n) is 4.64. The van der Waals surface area contributed by atoms with E-state index in [1.807, 2.05) is 12.1 Å². The number of ketones is 1. The van der Waals surface area contributed by atoms with E-state index in [2.05, 4.69) is 0 Å². The fourth-order valence-corrected chi connectivity index (χ4v) is 6.80. The third kappa shape index (κ3) is 2.93. The van der Waals surface area contributed by atoms with E-state index < -0.39 is 32.6 Å². The highest BCUT2D eigenvalue weighted by molar-refractivity contribution is 7.90. The number of carbonyl (C=O) groups excluding carboxylic acids is 2. The zero-order valence-electron chi connectivity index (χ0n) is 16.5. The van der Waals surface area contributed by atoms with Gasteiger partial charge in [0.2, 0.25) is 10.0 Å². The number of ether oxygens (including phenoxy) is 2. The van der Waals surface area contributed by atoms with E-state index in [4.69, 9.17) is 9.47 Å². The third-order valence-corrected chi connectivity index (χ3v) is 8.09. The summed E-state index contributed by atoms with van der Waals surface area (Å²) in [5.74, 6) is 0.0512. The Labute approximate surface area is 165 Å². The molecule has 4 rings (SSSR count). The van der Waals surface area contributed by atoms with Crippen molar-refractivity contribution in [2.24, 2.45) is 0 Å². The summed E-state index contributed by atoms with van der Waals surface area (Å²) >= 11 is 0. The number of hydrogen-bond donors (Lipinski definition) is 0. The lowest BCUT2D eigenvalue weighted by Gasteiger charge is -2.26. The second-order valence-corrected chi connectivity index (χ2v) is 11.0. The largest absolute Gasteiger partial charge is 0.443 e. The first kappa shape index (κ1) is 19.4. The number of amides is 1. The lowest BCUT2D eigenvalue weighted by Crippen LogP contribution is -2.40. The van der Waals surface area contributed by atoms with Gasteiger partial charge in [-0.2, -0.15) is 0 Å². The molecule has 0 saturated carbocycles. The van der Waals surface area contributed by atoms with Crippen LogP contribution >= 0.6 is 0 Å². The number of fused-ring (bicyclic) bond motifs is 1. The van der Waals surface area contributed by atoms with Crippen LogP contribution in [0.5, 0.6) is 0 Å². The van der Waals surface area contributed by atoms with Crippen LogP contribution in [-0.4, -0.2) is 53.7 Å². The van der Waals surface area contributed by atoms with Gasteiger partial charge in [0.15, 0.2) is 5.78 Å². The van der Waals surface area contributed by atoms with Crippen molar-refractivity contribution in [1.82, 2.24) is 4.31 Å². The summed E-state index contributed by atoms with van der Waals surface area (Å²) in [6.07, 6.45) is -0.157. The Morgan fingerprint density at radius 3 is 2.43 bits per heavy atom. The highest BCUT2D eigenvalue weighted by Gasteiger charge is 2.69. The minimum Gasteiger partial charge on any atom is -0.443 e. The zero-order chi connectivity index (χ0) is 20.5. The second-order valence-electron chi connectivity index (χ2n) is 8.97. The van der Waals surface area contributed by atoms with E-state index >= 15 is 0 Å². The number of nitrogens with zero attached hydrogens (tertiary/aromatic N) is 1. The minimum absolute atomic E-state index is 0.00397. The van der Waals surface area contributed by atoms with Crippen molar-refractivity contribution < 1.29 is 27.5 Å². The van der Waals surface area contributed by atoms with Crippen LogP contribution in [0.3, 0.4) is 0 Å². The summed E-state index contributed by atoms with van der Waals surface area (Å²) in [6, 6.07) is 7.40. The van der Waals surface area contributed by atoms with Gasteiger partial charge >= 0.3 is 6.09 Å². The molecule has 3 aliphatic rings. The number of hydrogen-bond acceptors (Lipinski definition) is 6. The normalized spacial score (nSPS) is 33.0. The predicted molar refractivity (Wildman–Crippen MR) is 102 cm³/mol. The molecular formula is C20H25NO6S. The van der Waals surface area contributed by atoms with Crippen LogP contribution in [0, 0.1) is 0 Å². The van der Waals surface area contributed by atoms with Gasteiger partial charge in [-0.3, -0.25) is 4.79 Å². The smallest absolute Gasteiger partial charge is 0.424 e. The SMILES string of the molecule is CC(=O)c1ccc([C@H]2C[C@@]34CN(C(=O)OC(C)(C)C)S(=O)(=O)[C@H]3C[C@@H]2O4)cc1. The van der Waals surface area contributed by atoms with Crippen molar-refractivity contribution in [3.63, 3.8) is 0 Å². The zero-order valence-corrected chi connectivity index (χ0v) is 17.3. The first-order valence-electron chi connectivity index (χ1n) is 9.46. The average molecular weight is 407 g/mol. The van der Waals surface area contributed by atoms with E-state index in [-0.39, 0.29) is 24.3 Å². The molecule has 2 bridgehead atoms. The van der Waals surface area contributed by atoms with Crippen molar-refractivity contribution in [2.75, 3.05) is 6.54 Å². The summed E-state index contributed by atoms with van der Waals surface area (Å²) in [5, 5.41) is -0.717. The molecule has 152 valence electrons. The summed E-state index contributed by atoms with van der Waals surface area (Å²) in [4.78, 5) is 24.0. The molecular weight excluding hydrogens is 382 g/mol. The maximum Gasteiger partial charge on any atom is 0.424 e. The molecule has 0 aliphatic carbocycles. The summed E-state index contributed by atoms with van der Waals surface area (Å²) in [5.41, 5.74) is 0.00801. The van der Waals surface area contributed by atoms with Gasteiger partial charge in [0.05, 0.1) is 12.6 Å². The molecule has 7 nitrogen and oxygen atoms in total. The number of Topliss-reactive ketones (excluding diaryl/α,β-unsaturated/α-hetero) is 1. The van der Waals surface area contributed by atoms with Crippen molar-refractivity contribution in [3.8, 4) is 0 Å². The lowest BCUT2D eigenvalue weighted by atomic mass is 9.77. The van der Waals surface area contributed by atoms with Gasteiger partial charge in [0.1, 0.15) is 16.5 Å². The molecule has 1 aromatic carbocycles. The van der Waals surface area contributed by atoms with Crippen molar-refractivity contribution >= 4 is 21.9 Å². The number of carbonyl (C=O) groups is 2. The Kier molecular flexibility index (Phi) is 4.18. The van der Waals surface area contributed by atoms with E-state index in [0.717, 1.165) is 9.87 Å². The first-order chi connectivity index (χ1) is 12.9. The van der Waals surface area contributed by atoms with Gasteiger partial charge in [0.25, 0.3) is 0 Å². The number of benzene rings is 1. The first-order valence-corrected chi connectivity index (χ1v) is 11.0. The molecule has 4 atom stereocenters. The van der Waals surface area contributed by atoms with E-state index in [1.54, 1.807) is 32.9 Å². The molecule has 8 heteroatoms. The molecule has 0 unspecified atom stereocenters. The Morgan fingerprint density at radius 1 is 1.21 bits per heavy atom. The van der Waals surface area contributed by atoms with Gasteiger partial charge in [-0.15, -0.1) is 0 Å². The quantitative estimate of drug-likeness (QED) is 0.701. The summed E-state index contributed by atoms with van der Waals surface area (Å²) in [7, 11) is -3.81. The van der Waals surface area contributed by atoms with Crippen molar-refractivity contribution in [3.05, 3.63) is 35.4 Å². The van der Waals surface area contributed by atoms with Crippen molar-refractivity contribution in [2.45, 2.75) is 69.0 Å². The number of sulfonamides is 1. The molecule has 0 radical (unpaired) electrons. The molecule has 1 aromatic rings. The van der Waals surface area contributed by atoms with Gasteiger partial charge in [-0.1, -0.05) is 24.3 Å². The van der Waals surface area contributed by atoms with E-state index in [0.29, 0.717) is 18.4 Å². The Balaban J connectivity index is 1.58. The third-order valence-electron chi connectivity index (χ3n) is 5.85. The second kappa shape index (κ2) is 6.03. The molecule has 1 amide bonds. The van der Waals surface area contributed by atoms with Crippen LogP contribution < -0.4 is 0 Å². The predicted octanol–water partition coefficient (Wildman–Crippen LogP) is 2.85. The Bertz CT molecular complexity index is 932. The topological polar surface area (TPSA) is 90.0 Å². The van der Waals surface area contributed by atoms with Gasteiger partial charge in [-0.05, 0) is 46.1 Å². The van der Waals surface area contributed by atoms with Crippen LogP contribution in [-0.2, 0) is 19.5 Å². The van der Waals surface area contributed by atoms with Gasteiger partial charge < -0.3 is 9.47 Å². The van der Waals surface area contributed by atoms with Gasteiger partial charge in [-0.25, -0.2) is 17.5 Å². The van der Waals surface area contributed by atoms with Crippen LogP contribution in [0.25, 0.3) is 0 Å². The van der Waals surface area contributed by atoms with Gasteiger partial charge in [0, 0.05) is 11.5 Å². The number of rotatable bonds is 2. The molecule has 3 fully saturated rings. The highest BCUT2D eigenvalue weighted by Crippen LogP contribution is 2.57. The lowest BCUT2D eigenvalue weighted by molar-refractivity contribution is 0.000350. The fraction of sp³-hybridized carbons (Fsp3) is 0.600. The Hall–Kier alpha value is -1.93. The van der Waals surface area contributed by atoms with Crippen LogP contribution in [0.1, 0.15) is 62.4 Å². The average Bonchev–Trinajstić information content (AvgIpc) is 3.20. The molecule has 1 spiro atoms. The maximum atomic E-state index is 13.0. The molecule has 0 N–H and O–H groups in total. The molecule has 0 aromatic heterocycles. The van der Waals surface area contributed by atoms with E-state index in [9.17, 15) is 18.0 Å². The monoisotopic (exact) mass is 407 g/mol. The van der Waals surface area contributed by atoms with Crippen LogP contribution in [0.2, 0.25) is 0 Å². The Morgan fingerprint density at radius 2 is 1.86 bits per heavy atom. The molecule has 3 saturated heterocycles. The summed E-state index contributed by atoms with van der Waals surface area (Å²) < 4.78 is 38.2. The minimum atomic E-state index is -3.81. The summed E-state index contributed by atoms with van der Waals surface area (Å²) in [6.45, 7) is 6.63. The van der Waals surface area contributed by atoms with Crippen molar-refractivity contribution in [1.29, 1.82) is 0 Å². The van der Waals surface area contributed by atoms with E-state index in [1.165, 1.54) is 6.92 Å².